The molecule has 0 unspecified atom stereocenters. The number of hydrogen-bond donors (Lipinski definition) is 2. The topological polar surface area (TPSA) is 40.5 Å². The highest BCUT2D eigenvalue weighted by atomic mass is 32.1. The molecule has 6 heteroatoms. The van der Waals surface area contributed by atoms with Crippen molar-refractivity contribution in [2.45, 2.75) is 45.5 Å². The molecule has 114 valence electrons. The van der Waals surface area contributed by atoms with Crippen LogP contribution < -0.4 is 9.00 Å². The van der Waals surface area contributed by atoms with E-state index in [1.54, 1.807) is 22.7 Å². The third-order valence-electron chi connectivity index (χ3n) is 4.22. The summed E-state index contributed by atoms with van der Waals surface area (Å²) < 4.78 is 2.31. The Labute approximate surface area is 136 Å². The quantitative estimate of drug-likeness (QED) is 0.814. The monoisotopic (exact) mass is 354 g/mol. The molecule has 0 bridgehead atoms. The molecule has 2 heterocycles. The van der Waals surface area contributed by atoms with Crippen molar-refractivity contribution in [3.8, 4) is 9.75 Å². The van der Waals surface area contributed by atoms with E-state index in [1.165, 1.54) is 20.9 Å². The normalized spacial score (nSPS) is 17.0. The largest absolute Gasteiger partial charge is 0.427 e. The minimum atomic E-state index is -2.26. The first-order valence-electron chi connectivity index (χ1n) is 7.17. The van der Waals surface area contributed by atoms with E-state index in [0.29, 0.717) is 0 Å². The van der Waals surface area contributed by atoms with Crippen molar-refractivity contribution in [3.05, 3.63) is 23.3 Å². The van der Waals surface area contributed by atoms with E-state index in [0.717, 1.165) is 9.00 Å². The second-order valence-electron chi connectivity index (χ2n) is 7.45. The molecule has 0 atom stereocenters. The van der Waals surface area contributed by atoms with E-state index in [-0.39, 0.29) is 5.41 Å². The highest BCUT2D eigenvalue weighted by molar-refractivity contribution is 7.33. The highest BCUT2D eigenvalue weighted by Crippen LogP contribution is 2.53. The summed E-state index contributed by atoms with van der Waals surface area (Å²) in [5.41, 5.74) is 2.68. The van der Waals surface area contributed by atoms with Gasteiger partial charge in [-0.15, -0.1) is 22.7 Å². The molecule has 0 spiro atoms. The maximum atomic E-state index is 10.4. The molecule has 1 aliphatic carbocycles. The molecular weight excluding hydrogens is 332 g/mol. The number of rotatable bonds is 2. The SMILES string of the molecule is CC1(C)c2cc([Si](C)(C)O)sc2-c2sc([Si](C)(C)O)cc21. The van der Waals surface area contributed by atoms with Gasteiger partial charge in [-0.3, -0.25) is 0 Å². The van der Waals surface area contributed by atoms with Crippen LogP contribution in [0, 0.1) is 0 Å². The molecule has 0 amide bonds. The van der Waals surface area contributed by atoms with E-state index in [1.807, 2.05) is 26.2 Å². The van der Waals surface area contributed by atoms with Gasteiger partial charge >= 0.3 is 0 Å². The Bertz CT molecular complexity index is 655. The summed E-state index contributed by atoms with van der Waals surface area (Å²) in [6, 6.07) is 4.44. The smallest absolute Gasteiger partial charge is 0.224 e. The molecule has 2 aromatic rings. The van der Waals surface area contributed by atoms with Crippen LogP contribution in [-0.4, -0.2) is 26.2 Å². The van der Waals surface area contributed by atoms with Crippen LogP contribution in [0.4, 0.5) is 0 Å². The zero-order chi connectivity index (χ0) is 15.8. The number of hydrogen-bond acceptors (Lipinski definition) is 4. The Kier molecular flexibility index (Phi) is 3.27. The lowest BCUT2D eigenvalue weighted by Gasteiger charge is -2.20. The van der Waals surface area contributed by atoms with Crippen molar-refractivity contribution in [1.82, 2.24) is 0 Å². The minimum absolute atomic E-state index is 0.0204. The minimum Gasteiger partial charge on any atom is -0.427 e. The van der Waals surface area contributed by atoms with Crippen LogP contribution in [0.5, 0.6) is 0 Å². The van der Waals surface area contributed by atoms with Crippen LogP contribution in [0.1, 0.15) is 25.0 Å². The predicted octanol–water partition coefficient (Wildman–Crippen LogP) is 2.92. The van der Waals surface area contributed by atoms with Crippen LogP contribution >= 0.6 is 22.7 Å². The summed E-state index contributed by atoms with van der Waals surface area (Å²) >= 11 is 3.51. The molecular formula is C15H22O2S2Si2. The van der Waals surface area contributed by atoms with Crippen LogP contribution in [0.15, 0.2) is 12.1 Å². The second-order valence-corrected chi connectivity index (χ2v) is 17.6. The molecule has 2 nitrogen and oxygen atoms in total. The van der Waals surface area contributed by atoms with Crippen LogP contribution in [0.3, 0.4) is 0 Å². The van der Waals surface area contributed by atoms with Crippen LogP contribution in [0.2, 0.25) is 26.2 Å². The summed E-state index contributed by atoms with van der Waals surface area (Å²) in [6.07, 6.45) is 0. The lowest BCUT2D eigenvalue weighted by atomic mass is 9.84. The van der Waals surface area contributed by atoms with Gasteiger partial charge in [-0.05, 0) is 49.4 Å². The first-order chi connectivity index (χ1) is 9.42. The van der Waals surface area contributed by atoms with E-state index < -0.39 is 16.6 Å². The molecule has 1 aliphatic rings. The fourth-order valence-electron chi connectivity index (χ4n) is 2.80. The Balaban J connectivity index is 2.21. The van der Waals surface area contributed by atoms with Gasteiger partial charge < -0.3 is 9.59 Å². The summed E-state index contributed by atoms with van der Waals surface area (Å²) in [7, 11) is -4.51. The summed E-state index contributed by atoms with van der Waals surface area (Å²) in [5.74, 6) is 0. The van der Waals surface area contributed by atoms with Gasteiger partial charge in [-0.2, -0.15) is 0 Å². The van der Waals surface area contributed by atoms with Gasteiger partial charge in [0.2, 0.25) is 16.6 Å². The molecule has 21 heavy (non-hydrogen) atoms. The van der Waals surface area contributed by atoms with Gasteiger partial charge in [-0.1, -0.05) is 13.8 Å². The van der Waals surface area contributed by atoms with Gasteiger partial charge in [0, 0.05) is 24.2 Å². The lowest BCUT2D eigenvalue weighted by molar-refractivity contribution is 0.568. The Morgan fingerprint density at radius 2 is 1.14 bits per heavy atom. The molecule has 0 aliphatic heterocycles. The molecule has 0 aromatic carbocycles. The van der Waals surface area contributed by atoms with Gasteiger partial charge in [0.05, 0.1) is 0 Å². The fraction of sp³-hybridized carbons (Fsp3) is 0.467. The molecule has 0 fully saturated rings. The van der Waals surface area contributed by atoms with Crippen molar-refractivity contribution in [3.63, 3.8) is 0 Å². The first kappa shape index (κ1) is 15.6. The first-order valence-corrected chi connectivity index (χ1v) is 14.7. The van der Waals surface area contributed by atoms with E-state index in [2.05, 4.69) is 26.0 Å². The Morgan fingerprint density at radius 1 is 0.810 bits per heavy atom. The zero-order valence-electron chi connectivity index (χ0n) is 13.4. The third-order valence-corrected chi connectivity index (χ3v) is 12.6. The van der Waals surface area contributed by atoms with Gasteiger partial charge in [-0.25, -0.2) is 0 Å². The van der Waals surface area contributed by atoms with Crippen molar-refractivity contribution in [2.24, 2.45) is 0 Å². The maximum Gasteiger partial charge on any atom is 0.224 e. The lowest BCUT2D eigenvalue weighted by Crippen LogP contribution is -2.39. The predicted molar refractivity (Wildman–Crippen MR) is 98.4 cm³/mol. The third kappa shape index (κ3) is 2.32. The van der Waals surface area contributed by atoms with Crippen LogP contribution in [-0.2, 0) is 5.41 Å². The molecule has 2 N–H and O–H groups in total. The average Bonchev–Trinajstić information content (AvgIpc) is 2.94. The standard InChI is InChI=1S/C15H22O2S2Si2/c1-15(2)9-7-11(20(3,4)16)18-13(9)14-10(15)8-12(19-14)21(5,6)17/h7-8,16-17H,1-6H3. The molecule has 0 saturated carbocycles. The molecule has 0 radical (unpaired) electrons. The molecule has 0 saturated heterocycles. The van der Waals surface area contributed by atoms with Crippen molar-refractivity contribution < 1.29 is 9.59 Å². The van der Waals surface area contributed by atoms with Gasteiger partial charge in [0.1, 0.15) is 0 Å². The number of thiophene rings is 2. The van der Waals surface area contributed by atoms with E-state index >= 15 is 0 Å². The number of fused-ring (bicyclic) bond motifs is 3. The van der Waals surface area contributed by atoms with Crippen molar-refractivity contribution in [2.75, 3.05) is 0 Å². The zero-order valence-corrected chi connectivity index (χ0v) is 17.0. The fourth-order valence-corrected chi connectivity index (χ4v) is 8.70. The van der Waals surface area contributed by atoms with E-state index in [9.17, 15) is 9.59 Å². The average molecular weight is 355 g/mol. The Morgan fingerprint density at radius 3 is 1.43 bits per heavy atom. The van der Waals surface area contributed by atoms with Crippen molar-refractivity contribution >= 4 is 48.3 Å². The molecule has 2 aromatic heterocycles. The van der Waals surface area contributed by atoms with Crippen LogP contribution in [0.25, 0.3) is 9.75 Å². The summed E-state index contributed by atoms with van der Waals surface area (Å²) in [6.45, 7) is 12.4. The van der Waals surface area contributed by atoms with E-state index in [4.69, 9.17) is 0 Å². The maximum absolute atomic E-state index is 10.4. The van der Waals surface area contributed by atoms with Gasteiger partial charge in [0.15, 0.2) is 0 Å². The molecule has 3 rings (SSSR count). The summed E-state index contributed by atoms with van der Waals surface area (Å²) in [5, 5.41) is 0. The van der Waals surface area contributed by atoms with Crippen molar-refractivity contribution in [1.29, 1.82) is 0 Å². The summed E-state index contributed by atoms with van der Waals surface area (Å²) in [4.78, 5) is 23.5. The van der Waals surface area contributed by atoms with Gasteiger partial charge in [0.25, 0.3) is 0 Å². The Hall–Kier alpha value is -0.246. The second kappa shape index (κ2) is 4.40. The highest BCUT2D eigenvalue weighted by Gasteiger charge is 2.42.